The van der Waals surface area contributed by atoms with Crippen LogP contribution in [-0.4, -0.2) is 23.3 Å². The number of Topliss-reactive ketones (excluding diaryl/α,β-unsaturated/α-hetero) is 1. The van der Waals surface area contributed by atoms with E-state index >= 15 is 0 Å². The smallest absolute Gasteiger partial charge is 0.181 e. The Hall–Kier alpha value is -2.42. The van der Waals surface area contributed by atoms with Crippen LogP contribution >= 0.6 is 0 Å². The molecule has 23 heavy (non-hydrogen) atoms. The van der Waals surface area contributed by atoms with Gasteiger partial charge in [-0.15, -0.1) is 0 Å². The Morgan fingerprint density at radius 1 is 1.09 bits per heavy atom. The summed E-state index contributed by atoms with van der Waals surface area (Å²) in [5, 5.41) is 12.1. The molecule has 0 N–H and O–H groups in total. The SMILES string of the molecule is CCc1ccc(C(=O)C(CC)C[N+]([O-])=Cc2ccccc2)cc1. The normalized spacial score (nSPS) is 12.9. The fourth-order valence-electron chi connectivity index (χ4n) is 2.51. The minimum atomic E-state index is -0.292. The molecule has 0 amide bonds. The summed E-state index contributed by atoms with van der Waals surface area (Å²) in [5.74, 6) is -0.252. The van der Waals surface area contributed by atoms with Gasteiger partial charge in [0.25, 0.3) is 0 Å². The van der Waals surface area contributed by atoms with Crippen LogP contribution in [-0.2, 0) is 6.42 Å². The van der Waals surface area contributed by atoms with Crippen LogP contribution < -0.4 is 0 Å². The van der Waals surface area contributed by atoms with Crippen molar-refractivity contribution in [3.8, 4) is 0 Å². The van der Waals surface area contributed by atoms with Crippen LogP contribution in [0.5, 0.6) is 0 Å². The Kier molecular flexibility index (Phi) is 6.10. The van der Waals surface area contributed by atoms with Gasteiger partial charge in [-0.2, -0.15) is 0 Å². The predicted octanol–water partition coefficient (Wildman–Crippen LogP) is 4.09. The second-order valence-corrected chi connectivity index (χ2v) is 5.66. The average molecular weight is 309 g/mol. The Morgan fingerprint density at radius 2 is 1.74 bits per heavy atom. The first-order valence-corrected chi connectivity index (χ1v) is 8.10. The zero-order valence-corrected chi connectivity index (χ0v) is 13.7. The van der Waals surface area contributed by atoms with E-state index in [9.17, 15) is 10.0 Å². The number of aryl methyl sites for hydroxylation is 1. The number of hydroxylamine groups is 1. The van der Waals surface area contributed by atoms with Gasteiger partial charge in [0, 0.05) is 11.1 Å². The maximum absolute atomic E-state index is 12.6. The number of nitrogens with zero attached hydrogens (tertiary/aromatic N) is 1. The third-order valence-corrected chi connectivity index (χ3v) is 4.00. The predicted molar refractivity (Wildman–Crippen MR) is 94.0 cm³/mol. The van der Waals surface area contributed by atoms with E-state index in [0.29, 0.717) is 12.0 Å². The lowest BCUT2D eigenvalue weighted by molar-refractivity contribution is -0.458. The summed E-state index contributed by atoms with van der Waals surface area (Å²) < 4.78 is 0.863. The summed E-state index contributed by atoms with van der Waals surface area (Å²) >= 11 is 0. The van der Waals surface area contributed by atoms with E-state index in [-0.39, 0.29) is 18.2 Å². The summed E-state index contributed by atoms with van der Waals surface area (Å²) in [6.45, 7) is 4.21. The van der Waals surface area contributed by atoms with E-state index in [1.165, 1.54) is 11.8 Å². The lowest BCUT2D eigenvalue weighted by atomic mass is 9.94. The van der Waals surface area contributed by atoms with Crippen LogP contribution in [0.3, 0.4) is 0 Å². The van der Waals surface area contributed by atoms with Crippen molar-refractivity contribution in [3.63, 3.8) is 0 Å². The molecule has 0 fully saturated rings. The largest absolute Gasteiger partial charge is 0.624 e. The molecule has 0 aliphatic carbocycles. The highest BCUT2D eigenvalue weighted by molar-refractivity contribution is 5.98. The molecule has 2 rings (SSSR count). The molecule has 0 bridgehead atoms. The number of rotatable bonds is 7. The average Bonchev–Trinajstić information content (AvgIpc) is 2.60. The van der Waals surface area contributed by atoms with E-state index in [1.807, 2.05) is 61.5 Å². The van der Waals surface area contributed by atoms with Crippen molar-refractivity contribution in [2.24, 2.45) is 5.92 Å². The summed E-state index contributed by atoms with van der Waals surface area (Å²) in [6.07, 6.45) is 3.14. The van der Waals surface area contributed by atoms with Crippen molar-refractivity contribution >= 4 is 12.0 Å². The highest BCUT2D eigenvalue weighted by atomic mass is 16.5. The summed E-state index contributed by atoms with van der Waals surface area (Å²) in [6, 6.07) is 17.1. The molecule has 0 aliphatic rings. The molecule has 0 aliphatic heterocycles. The van der Waals surface area contributed by atoms with Gasteiger partial charge in [-0.3, -0.25) is 4.79 Å². The first-order chi connectivity index (χ1) is 11.1. The molecule has 3 heteroatoms. The van der Waals surface area contributed by atoms with Gasteiger partial charge in [0.15, 0.2) is 18.5 Å². The van der Waals surface area contributed by atoms with Crippen molar-refractivity contribution in [2.75, 3.05) is 6.54 Å². The van der Waals surface area contributed by atoms with Crippen molar-refractivity contribution in [2.45, 2.75) is 26.7 Å². The van der Waals surface area contributed by atoms with Crippen LogP contribution in [0.15, 0.2) is 54.6 Å². The van der Waals surface area contributed by atoms with Gasteiger partial charge in [-0.25, -0.2) is 4.74 Å². The minimum Gasteiger partial charge on any atom is -0.624 e. The summed E-state index contributed by atoms with van der Waals surface area (Å²) in [5.41, 5.74) is 2.73. The van der Waals surface area contributed by atoms with Gasteiger partial charge in [-0.05, 0) is 30.5 Å². The molecule has 0 radical (unpaired) electrons. The standard InChI is InChI=1S/C20H23NO2/c1-3-16-10-12-19(13-11-16)20(22)18(4-2)15-21(23)14-17-8-6-5-7-9-17/h5-14,18H,3-4,15H2,1-2H3. The molecular weight excluding hydrogens is 286 g/mol. The molecular formula is C20H23NO2. The molecule has 0 aromatic heterocycles. The third-order valence-electron chi connectivity index (χ3n) is 4.00. The van der Waals surface area contributed by atoms with Crippen molar-refractivity contribution in [1.29, 1.82) is 0 Å². The molecule has 0 heterocycles. The Labute approximate surface area is 137 Å². The molecule has 0 saturated heterocycles. The third kappa shape index (κ3) is 4.78. The number of carbonyl (C=O) groups excluding carboxylic acids is 1. The Balaban J connectivity index is 2.09. The van der Waals surface area contributed by atoms with E-state index in [2.05, 4.69) is 6.92 Å². The van der Waals surface area contributed by atoms with Gasteiger partial charge in [-0.1, -0.05) is 56.3 Å². The quantitative estimate of drug-likeness (QED) is 0.254. The van der Waals surface area contributed by atoms with Crippen molar-refractivity contribution < 1.29 is 9.53 Å². The van der Waals surface area contributed by atoms with Crippen LogP contribution in [0.2, 0.25) is 0 Å². The molecule has 120 valence electrons. The zero-order valence-electron chi connectivity index (χ0n) is 13.7. The number of hydrogen-bond acceptors (Lipinski definition) is 2. The second-order valence-electron chi connectivity index (χ2n) is 5.66. The fraction of sp³-hybridized carbons (Fsp3) is 0.300. The van der Waals surface area contributed by atoms with Crippen LogP contribution in [0.1, 0.15) is 41.8 Å². The number of carbonyl (C=O) groups is 1. The highest BCUT2D eigenvalue weighted by Crippen LogP contribution is 2.14. The van der Waals surface area contributed by atoms with Crippen molar-refractivity contribution in [1.82, 2.24) is 0 Å². The molecule has 2 aromatic rings. The highest BCUT2D eigenvalue weighted by Gasteiger charge is 2.21. The number of ketones is 1. The topological polar surface area (TPSA) is 43.1 Å². The van der Waals surface area contributed by atoms with Crippen LogP contribution in [0, 0.1) is 11.1 Å². The van der Waals surface area contributed by atoms with E-state index in [0.717, 1.165) is 16.7 Å². The van der Waals surface area contributed by atoms with Crippen molar-refractivity contribution in [3.05, 3.63) is 76.5 Å². The first-order valence-electron chi connectivity index (χ1n) is 8.10. The van der Waals surface area contributed by atoms with Gasteiger partial charge < -0.3 is 5.21 Å². The maximum Gasteiger partial charge on any atom is 0.181 e. The molecule has 2 aromatic carbocycles. The lowest BCUT2D eigenvalue weighted by Crippen LogP contribution is -2.24. The number of hydrogen-bond donors (Lipinski definition) is 0. The second kappa shape index (κ2) is 8.28. The maximum atomic E-state index is 12.6. The monoisotopic (exact) mass is 309 g/mol. The van der Waals surface area contributed by atoms with E-state index in [1.54, 1.807) is 0 Å². The summed E-state index contributed by atoms with van der Waals surface area (Å²) in [7, 11) is 0. The van der Waals surface area contributed by atoms with E-state index < -0.39 is 0 Å². The zero-order chi connectivity index (χ0) is 16.7. The van der Waals surface area contributed by atoms with Gasteiger partial charge in [0.2, 0.25) is 0 Å². The van der Waals surface area contributed by atoms with Crippen LogP contribution in [0.4, 0.5) is 0 Å². The van der Waals surface area contributed by atoms with Gasteiger partial charge >= 0.3 is 0 Å². The summed E-state index contributed by atoms with van der Waals surface area (Å²) in [4.78, 5) is 12.6. The molecule has 1 unspecified atom stereocenters. The number of benzene rings is 2. The molecule has 0 spiro atoms. The molecule has 0 saturated carbocycles. The first kappa shape index (κ1) is 16.9. The lowest BCUT2D eigenvalue weighted by Gasteiger charge is -2.14. The van der Waals surface area contributed by atoms with Gasteiger partial charge in [0.1, 0.15) is 0 Å². The Morgan fingerprint density at radius 3 is 2.30 bits per heavy atom. The fourth-order valence-corrected chi connectivity index (χ4v) is 2.51. The van der Waals surface area contributed by atoms with Crippen LogP contribution in [0.25, 0.3) is 0 Å². The Bertz CT molecular complexity index is 660. The van der Waals surface area contributed by atoms with Gasteiger partial charge in [0.05, 0.1) is 5.92 Å². The molecule has 3 nitrogen and oxygen atoms in total. The molecule has 1 atom stereocenters. The van der Waals surface area contributed by atoms with E-state index in [4.69, 9.17) is 0 Å². The minimum absolute atomic E-state index is 0.0393.